The van der Waals surface area contributed by atoms with Crippen LogP contribution in [0.15, 0.2) is 144 Å². The van der Waals surface area contributed by atoms with Gasteiger partial charge in [0, 0.05) is 27.1 Å². The Balaban J connectivity index is 1.31. The molecule has 0 unspecified atom stereocenters. The molecule has 0 amide bonds. The van der Waals surface area contributed by atoms with Gasteiger partial charge in [-0.2, -0.15) is 0 Å². The molecule has 11 rings (SSSR count). The first-order chi connectivity index (χ1) is 23.1. The summed E-state index contributed by atoms with van der Waals surface area (Å²) < 4.78 is 9.16. The van der Waals surface area contributed by atoms with Gasteiger partial charge in [0.2, 0.25) is 0 Å². The maximum atomic E-state index is 6.67. The van der Waals surface area contributed by atoms with Gasteiger partial charge < -0.3 is 8.98 Å². The van der Waals surface area contributed by atoms with E-state index in [0.29, 0.717) is 0 Å². The first-order valence-electron chi connectivity index (χ1n) is 16.4. The Labute approximate surface area is 271 Å². The highest BCUT2D eigenvalue weighted by atomic mass is 16.3. The van der Waals surface area contributed by atoms with Crippen LogP contribution in [0.1, 0.15) is 25.0 Å². The second kappa shape index (κ2) is 8.69. The van der Waals surface area contributed by atoms with Crippen molar-refractivity contribution in [1.29, 1.82) is 0 Å². The first-order valence-corrected chi connectivity index (χ1v) is 16.4. The molecule has 1 aliphatic rings. The Hall–Kier alpha value is -5.86. The number of hydrogen-bond donors (Lipinski definition) is 0. The summed E-state index contributed by atoms with van der Waals surface area (Å²) >= 11 is 0. The zero-order valence-corrected chi connectivity index (χ0v) is 26.1. The van der Waals surface area contributed by atoms with E-state index in [-0.39, 0.29) is 5.41 Å². The van der Waals surface area contributed by atoms with E-state index in [1.165, 1.54) is 76.7 Å². The van der Waals surface area contributed by atoms with Crippen LogP contribution >= 0.6 is 0 Å². The highest BCUT2D eigenvalue weighted by Gasteiger charge is 2.41. The molecule has 8 aromatic carbocycles. The second-order valence-corrected chi connectivity index (χ2v) is 13.7. The van der Waals surface area contributed by atoms with Crippen LogP contribution in [0.5, 0.6) is 0 Å². The summed E-state index contributed by atoms with van der Waals surface area (Å²) in [6, 6.07) is 51.3. The van der Waals surface area contributed by atoms with Crippen molar-refractivity contribution in [3.8, 4) is 28.1 Å². The molecule has 220 valence electrons. The van der Waals surface area contributed by atoms with Gasteiger partial charge in [0.15, 0.2) is 5.58 Å². The van der Waals surface area contributed by atoms with Gasteiger partial charge in [-0.25, -0.2) is 0 Å². The van der Waals surface area contributed by atoms with Crippen LogP contribution in [0.25, 0.3) is 93.2 Å². The molecule has 0 fully saturated rings. The van der Waals surface area contributed by atoms with Crippen LogP contribution in [0.2, 0.25) is 0 Å². The normalized spacial score (nSPS) is 13.9. The minimum absolute atomic E-state index is 0.197. The third kappa shape index (κ3) is 3.10. The number of benzene rings is 8. The molecule has 0 radical (unpaired) electrons. The van der Waals surface area contributed by atoms with Crippen LogP contribution in [0.4, 0.5) is 0 Å². The molecule has 0 N–H and O–H groups in total. The predicted octanol–water partition coefficient (Wildman–Crippen LogP) is 12.4. The Morgan fingerprint density at radius 2 is 1.17 bits per heavy atom. The quantitative estimate of drug-likeness (QED) is 0.181. The summed E-state index contributed by atoms with van der Waals surface area (Å²) in [6.07, 6.45) is 0. The van der Waals surface area contributed by atoms with Gasteiger partial charge in [-0.05, 0) is 72.8 Å². The van der Waals surface area contributed by atoms with Gasteiger partial charge in [0.25, 0.3) is 0 Å². The Morgan fingerprint density at radius 1 is 0.489 bits per heavy atom. The lowest BCUT2D eigenvalue weighted by Crippen LogP contribution is -2.15. The molecule has 2 nitrogen and oxygen atoms in total. The third-order valence-corrected chi connectivity index (χ3v) is 10.9. The van der Waals surface area contributed by atoms with E-state index in [9.17, 15) is 0 Å². The van der Waals surface area contributed by atoms with Gasteiger partial charge in [-0.1, -0.05) is 135 Å². The topological polar surface area (TPSA) is 18.1 Å². The molecule has 0 bridgehead atoms. The van der Waals surface area contributed by atoms with Crippen molar-refractivity contribution in [2.75, 3.05) is 0 Å². The van der Waals surface area contributed by atoms with Crippen molar-refractivity contribution in [2.45, 2.75) is 19.3 Å². The number of fused-ring (bicyclic) bond motifs is 8. The van der Waals surface area contributed by atoms with Crippen molar-refractivity contribution in [3.63, 3.8) is 0 Å². The molecule has 0 saturated carbocycles. The van der Waals surface area contributed by atoms with Gasteiger partial charge in [-0.15, -0.1) is 0 Å². The van der Waals surface area contributed by atoms with E-state index in [2.05, 4.69) is 158 Å². The van der Waals surface area contributed by atoms with Gasteiger partial charge in [0.1, 0.15) is 5.58 Å². The smallest absolute Gasteiger partial charge is 0.159 e. The number of hydrogen-bond acceptors (Lipinski definition) is 1. The fourth-order valence-electron chi connectivity index (χ4n) is 8.93. The largest absolute Gasteiger partial charge is 0.454 e. The summed E-state index contributed by atoms with van der Waals surface area (Å²) in [5.74, 6) is 0. The minimum Gasteiger partial charge on any atom is -0.454 e. The molecule has 0 saturated heterocycles. The van der Waals surface area contributed by atoms with Crippen molar-refractivity contribution in [2.24, 2.45) is 0 Å². The average Bonchev–Trinajstić information content (AvgIpc) is 3.74. The van der Waals surface area contributed by atoms with Crippen LogP contribution in [0, 0.1) is 0 Å². The lowest BCUT2D eigenvalue weighted by atomic mass is 9.80. The number of aromatic nitrogens is 1. The number of furan rings is 1. The summed E-state index contributed by atoms with van der Waals surface area (Å²) in [5, 5.41) is 11.5. The molecule has 2 heterocycles. The number of rotatable bonds is 2. The van der Waals surface area contributed by atoms with Crippen LogP contribution in [-0.2, 0) is 5.41 Å². The monoisotopic (exact) mass is 599 g/mol. The van der Waals surface area contributed by atoms with E-state index < -0.39 is 0 Å². The lowest BCUT2D eigenvalue weighted by Gasteiger charge is -2.22. The van der Waals surface area contributed by atoms with Gasteiger partial charge >= 0.3 is 0 Å². The summed E-state index contributed by atoms with van der Waals surface area (Å²) in [5.41, 5.74) is 11.8. The summed E-state index contributed by atoms with van der Waals surface area (Å²) in [7, 11) is 0. The minimum atomic E-state index is -0.197. The first kappa shape index (κ1) is 25.3. The SMILES string of the molecule is CC1(C)c2ccccc2-c2c1c1c(-c3ccc4ccc5cccc6ccc3c4c56)cccc1n2-c1cccc2c1oc1ccccc12. The zero-order chi connectivity index (χ0) is 31.0. The van der Waals surface area contributed by atoms with E-state index in [1.54, 1.807) is 0 Å². The molecular weight excluding hydrogens is 571 g/mol. The molecule has 10 aromatic rings. The predicted molar refractivity (Wildman–Crippen MR) is 197 cm³/mol. The number of para-hydroxylation sites is 2. The number of nitrogens with zero attached hydrogens (tertiary/aromatic N) is 1. The molecule has 47 heavy (non-hydrogen) atoms. The van der Waals surface area contributed by atoms with Crippen molar-refractivity contribution >= 4 is 65.2 Å². The molecule has 0 aliphatic heterocycles. The molecule has 0 spiro atoms. The highest BCUT2D eigenvalue weighted by Crippen LogP contribution is 2.56. The van der Waals surface area contributed by atoms with Crippen LogP contribution in [0.3, 0.4) is 0 Å². The Morgan fingerprint density at radius 3 is 2.06 bits per heavy atom. The van der Waals surface area contributed by atoms with Crippen molar-refractivity contribution in [1.82, 2.24) is 4.57 Å². The summed E-state index contributed by atoms with van der Waals surface area (Å²) in [4.78, 5) is 0. The van der Waals surface area contributed by atoms with Crippen LogP contribution in [-0.4, -0.2) is 4.57 Å². The highest BCUT2D eigenvalue weighted by molar-refractivity contribution is 6.26. The fourth-order valence-corrected chi connectivity index (χ4v) is 8.93. The second-order valence-electron chi connectivity index (χ2n) is 13.7. The Bertz CT molecular complexity index is 2920. The van der Waals surface area contributed by atoms with Crippen LogP contribution < -0.4 is 0 Å². The Kier molecular flexibility index (Phi) is 4.68. The van der Waals surface area contributed by atoms with E-state index >= 15 is 0 Å². The van der Waals surface area contributed by atoms with E-state index in [0.717, 1.165) is 27.6 Å². The maximum absolute atomic E-state index is 6.67. The maximum Gasteiger partial charge on any atom is 0.159 e. The molecule has 2 heteroatoms. The third-order valence-electron chi connectivity index (χ3n) is 10.9. The van der Waals surface area contributed by atoms with Gasteiger partial charge in [-0.3, -0.25) is 0 Å². The van der Waals surface area contributed by atoms with E-state index in [1.807, 2.05) is 0 Å². The summed E-state index contributed by atoms with van der Waals surface area (Å²) in [6.45, 7) is 4.79. The van der Waals surface area contributed by atoms with E-state index in [4.69, 9.17) is 4.42 Å². The molecule has 0 atom stereocenters. The molecular formula is C45H29NO. The standard InChI is InChI=1S/C45H29NO/c1-45(2)35-16-5-3-13-34(35)43-42(45)41-31(29-24-22-28-21-20-26-10-7-11-27-23-25-32(29)40(28)39(26)27)14-8-17-36(41)46(43)37-18-9-15-33-30-12-4-6-19-38(30)47-44(33)37/h3-25H,1-2H3. The average molecular weight is 600 g/mol. The lowest BCUT2D eigenvalue weighted by molar-refractivity contribution is 0.663. The van der Waals surface area contributed by atoms with Crippen molar-refractivity contribution < 1.29 is 4.42 Å². The zero-order valence-electron chi connectivity index (χ0n) is 26.1. The van der Waals surface area contributed by atoms with Crippen molar-refractivity contribution in [3.05, 3.63) is 151 Å². The fraction of sp³-hybridized carbons (Fsp3) is 0.0667. The molecule has 2 aromatic heterocycles. The van der Waals surface area contributed by atoms with Gasteiger partial charge in [0.05, 0.1) is 16.9 Å². The molecule has 1 aliphatic carbocycles.